The number of nitrogens with one attached hydrogen (secondary N) is 2. The molecule has 0 spiro atoms. The number of aryl methyl sites for hydroxylation is 1. The lowest BCUT2D eigenvalue weighted by atomic mass is 10.1. The van der Waals surface area contributed by atoms with Gasteiger partial charge < -0.3 is 15.4 Å². The largest absolute Gasteiger partial charge is 0.376 e. The standard InChI is InChI=1S/C20H22N2O3/c1-14-6-2-3-10-18(14)22-20(24)16-8-4-7-15(12-16)19(23)21-13-17-9-5-11-25-17/h2-4,6-8,10,12,17H,5,9,11,13H2,1H3,(H,21,23)(H,22,24). The molecule has 1 heterocycles. The highest BCUT2D eigenvalue weighted by molar-refractivity contribution is 6.06. The zero-order valence-corrected chi connectivity index (χ0v) is 14.2. The van der Waals surface area contributed by atoms with E-state index in [4.69, 9.17) is 4.74 Å². The van der Waals surface area contributed by atoms with E-state index in [1.165, 1.54) is 0 Å². The monoisotopic (exact) mass is 338 g/mol. The van der Waals surface area contributed by atoms with Gasteiger partial charge >= 0.3 is 0 Å². The van der Waals surface area contributed by atoms with Crippen LogP contribution in [0.1, 0.15) is 39.1 Å². The summed E-state index contributed by atoms with van der Waals surface area (Å²) >= 11 is 0. The Morgan fingerprint density at radius 2 is 1.84 bits per heavy atom. The lowest BCUT2D eigenvalue weighted by Crippen LogP contribution is -2.31. The minimum Gasteiger partial charge on any atom is -0.376 e. The van der Waals surface area contributed by atoms with Crippen molar-refractivity contribution < 1.29 is 14.3 Å². The minimum atomic E-state index is -0.233. The van der Waals surface area contributed by atoms with Crippen molar-refractivity contribution in [3.05, 3.63) is 65.2 Å². The highest BCUT2D eigenvalue weighted by Gasteiger charge is 2.17. The van der Waals surface area contributed by atoms with Crippen LogP contribution >= 0.6 is 0 Å². The molecule has 0 saturated carbocycles. The van der Waals surface area contributed by atoms with E-state index in [2.05, 4.69) is 10.6 Å². The second-order valence-corrected chi connectivity index (χ2v) is 6.19. The second kappa shape index (κ2) is 7.94. The number of para-hydroxylation sites is 1. The predicted molar refractivity (Wildman–Crippen MR) is 96.9 cm³/mol. The summed E-state index contributed by atoms with van der Waals surface area (Å²) in [5.74, 6) is -0.427. The van der Waals surface area contributed by atoms with Gasteiger partial charge in [0.2, 0.25) is 0 Å². The first-order chi connectivity index (χ1) is 12.1. The Balaban J connectivity index is 1.64. The highest BCUT2D eigenvalue weighted by atomic mass is 16.5. The summed E-state index contributed by atoms with van der Waals surface area (Å²) in [4.78, 5) is 24.7. The molecule has 1 saturated heterocycles. The molecule has 0 radical (unpaired) electrons. The molecule has 5 heteroatoms. The lowest BCUT2D eigenvalue weighted by Gasteiger charge is -2.12. The molecule has 1 unspecified atom stereocenters. The first-order valence-electron chi connectivity index (χ1n) is 8.50. The van der Waals surface area contributed by atoms with Gasteiger partial charge in [-0.3, -0.25) is 9.59 Å². The van der Waals surface area contributed by atoms with Gasteiger partial charge in [0.05, 0.1) is 6.10 Å². The Morgan fingerprint density at radius 1 is 1.08 bits per heavy atom. The van der Waals surface area contributed by atoms with Gasteiger partial charge in [0.1, 0.15) is 0 Å². The van der Waals surface area contributed by atoms with E-state index in [0.717, 1.165) is 30.7 Å². The summed E-state index contributed by atoms with van der Waals surface area (Å²) in [6.45, 7) is 3.19. The van der Waals surface area contributed by atoms with E-state index < -0.39 is 0 Å². The Labute approximate surface area is 147 Å². The smallest absolute Gasteiger partial charge is 0.255 e. The fourth-order valence-electron chi connectivity index (χ4n) is 2.82. The zero-order chi connectivity index (χ0) is 17.6. The Hall–Kier alpha value is -2.66. The number of anilines is 1. The van der Waals surface area contributed by atoms with E-state index in [1.54, 1.807) is 24.3 Å². The molecule has 1 atom stereocenters. The summed E-state index contributed by atoms with van der Waals surface area (Å²) in [6, 6.07) is 14.3. The maximum atomic E-state index is 12.4. The van der Waals surface area contributed by atoms with Crippen LogP contribution in [0.25, 0.3) is 0 Å². The maximum absolute atomic E-state index is 12.4. The molecule has 5 nitrogen and oxygen atoms in total. The van der Waals surface area contributed by atoms with Gasteiger partial charge in [-0.1, -0.05) is 24.3 Å². The van der Waals surface area contributed by atoms with Crippen molar-refractivity contribution in [2.24, 2.45) is 0 Å². The second-order valence-electron chi connectivity index (χ2n) is 6.19. The SMILES string of the molecule is Cc1ccccc1NC(=O)c1cccc(C(=O)NCC2CCCO2)c1. The summed E-state index contributed by atoms with van der Waals surface area (Å²) in [6.07, 6.45) is 2.10. The van der Waals surface area contributed by atoms with Gasteiger partial charge in [-0.25, -0.2) is 0 Å². The molecule has 1 aliphatic rings. The van der Waals surface area contributed by atoms with Crippen LogP contribution < -0.4 is 10.6 Å². The van der Waals surface area contributed by atoms with E-state index >= 15 is 0 Å². The Kier molecular flexibility index (Phi) is 5.46. The van der Waals surface area contributed by atoms with Crippen molar-refractivity contribution in [2.75, 3.05) is 18.5 Å². The molecule has 0 aromatic heterocycles. The van der Waals surface area contributed by atoms with Gasteiger partial charge in [0, 0.05) is 30.0 Å². The summed E-state index contributed by atoms with van der Waals surface area (Å²) in [5, 5.41) is 5.75. The third-order valence-electron chi connectivity index (χ3n) is 4.29. The number of rotatable bonds is 5. The van der Waals surface area contributed by atoms with Gasteiger partial charge in [-0.2, -0.15) is 0 Å². The summed E-state index contributed by atoms with van der Waals surface area (Å²) < 4.78 is 5.50. The van der Waals surface area contributed by atoms with Crippen LogP contribution in [0.15, 0.2) is 48.5 Å². The topological polar surface area (TPSA) is 67.4 Å². The average Bonchev–Trinajstić information content (AvgIpc) is 3.15. The maximum Gasteiger partial charge on any atom is 0.255 e. The molecule has 0 aliphatic carbocycles. The highest BCUT2D eigenvalue weighted by Crippen LogP contribution is 2.15. The first-order valence-corrected chi connectivity index (χ1v) is 8.50. The number of ether oxygens (including phenoxy) is 1. The van der Waals surface area contributed by atoms with Gasteiger partial charge in [-0.05, 0) is 49.6 Å². The molecule has 3 rings (SSSR count). The molecule has 1 fully saturated rings. The molecule has 0 bridgehead atoms. The molecule has 2 N–H and O–H groups in total. The Morgan fingerprint density at radius 3 is 2.56 bits per heavy atom. The van der Waals surface area contributed by atoms with Crippen molar-refractivity contribution in [3.8, 4) is 0 Å². The van der Waals surface area contributed by atoms with E-state index in [0.29, 0.717) is 17.7 Å². The zero-order valence-electron chi connectivity index (χ0n) is 14.2. The van der Waals surface area contributed by atoms with Crippen LogP contribution in [0, 0.1) is 6.92 Å². The quantitative estimate of drug-likeness (QED) is 0.880. The van der Waals surface area contributed by atoms with E-state index in [1.807, 2.05) is 31.2 Å². The molecular formula is C20H22N2O3. The van der Waals surface area contributed by atoms with Crippen LogP contribution in [0.3, 0.4) is 0 Å². The molecule has 130 valence electrons. The number of hydrogen-bond donors (Lipinski definition) is 2. The molecule has 1 aliphatic heterocycles. The number of benzene rings is 2. The molecular weight excluding hydrogens is 316 g/mol. The average molecular weight is 338 g/mol. The predicted octanol–water partition coefficient (Wildman–Crippen LogP) is 3.16. The van der Waals surface area contributed by atoms with Gasteiger partial charge in [-0.15, -0.1) is 0 Å². The summed E-state index contributed by atoms with van der Waals surface area (Å²) in [5.41, 5.74) is 2.67. The molecule has 2 aromatic carbocycles. The number of hydrogen-bond acceptors (Lipinski definition) is 3. The third kappa shape index (κ3) is 4.45. The van der Waals surface area contributed by atoms with Gasteiger partial charge in [0.15, 0.2) is 0 Å². The fourth-order valence-corrected chi connectivity index (χ4v) is 2.82. The number of carbonyl (C=O) groups is 2. The van der Waals surface area contributed by atoms with Crippen molar-refractivity contribution in [1.82, 2.24) is 5.32 Å². The van der Waals surface area contributed by atoms with Crippen LogP contribution in [-0.2, 0) is 4.74 Å². The molecule has 2 aromatic rings. The van der Waals surface area contributed by atoms with Crippen LogP contribution in [0.5, 0.6) is 0 Å². The number of amides is 2. The van der Waals surface area contributed by atoms with E-state index in [-0.39, 0.29) is 17.9 Å². The minimum absolute atomic E-state index is 0.0940. The lowest BCUT2D eigenvalue weighted by molar-refractivity contribution is 0.0858. The van der Waals surface area contributed by atoms with Crippen molar-refractivity contribution in [3.63, 3.8) is 0 Å². The van der Waals surface area contributed by atoms with Crippen molar-refractivity contribution in [1.29, 1.82) is 0 Å². The van der Waals surface area contributed by atoms with Crippen LogP contribution in [-0.4, -0.2) is 31.1 Å². The van der Waals surface area contributed by atoms with E-state index in [9.17, 15) is 9.59 Å². The first kappa shape index (κ1) is 17.2. The van der Waals surface area contributed by atoms with Crippen LogP contribution in [0.2, 0.25) is 0 Å². The van der Waals surface area contributed by atoms with Crippen molar-refractivity contribution in [2.45, 2.75) is 25.9 Å². The summed E-state index contributed by atoms with van der Waals surface area (Å²) in [7, 11) is 0. The fraction of sp³-hybridized carbons (Fsp3) is 0.300. The molecule has 25 heavy (non-hydrogen) atoms. The van der Waals surface area contributed by atoms with Crippen molar-refractivity contribution >= 4 is 17.5 Å². The third-order valence-corrected chi connectivity index (χ3v) is 4.29. The van der Waals surface area contributed by atoms with Gasteiger partial charge in [0.25, 0.3) is 11.8 Å². The Bertz CT molecular complexity index is 767. The normalized spacial score (nSPS) is 16.4. The van der Waals surface area contributed by atoms with Crippen LogP contribution in [0.4, 0.5) is 5.69 Å². The number of carbonyl (C=O) groups excluding carboxylic acids is 2. The molecule has 2 amide bonds.